The molecule has 1 aromatic rings. The number of Topliss-reactive ketones (excluding diaryl/α,β-unsaturated/α-hetero) is 1. The van der Waals surface area contributed by atoms with E-state index in [4.69, 9.17) is 9.84 Å². The Kier molecular flexibility index (Phi) is 7.30. The van der Waals surface area contributed by atoms with Gasteiger partial charge in [0, 0.05) is 26.6 Å². The summed E-state index contributed by atoms with van der Waals surface area (Å²) in [4.78, 5) is 11.9. The molecule has 18 heavy (non-hydrogen) atoms. The van der Waals surface area contributed by atoms with Crippen LogP contribution in [0.3, 0.4) is 0 Å². The number of benzene rings is 1. The first kappa shape index (κ1) is 14.9. The number of aliphatic hydroxyl groups is 1. The molecule has 3 nitrogen and oxygen atoms in total. The molecular formula is C15H22O3. The quantitative estimate of drug-likeness (QED) is 0.684. The lowest BCUT2D eigenvalue weighted by Crippen LogP contribution is -2.17. The number of unbranched alkanes of at least 4 members (excludes halogenated alkanes) is 1. The predicted octanol–water partition coefficient (Wildman–Crippen LogP) is 2.37. The smallest absolute Gasteiger partial charge is 0.139 e. The summed E-state index contributed by atoms with van der Waals surface area (Å²) >= 11 is 0. The molecule has 3 heteroatoms. The summed E-state index contributed by atoms with van der Waals surface area (Å²) in [6, 6.07) is 9.76. The third kappa shape index (κ3) is 5.94. The fourth-order valence-corrected chi connectivity index (χ4v) is 1.94. The van der Waals surface area contributed by atoms with Crippen molar-refractivity contribution in [2.45, 2.75) is 38.2 Å². The summed E-state index contributed by atoms with van der Waals surface area (Å²) < 4.78 is 5.30. The molecule has 0 fully saturated rings. The van der Waals surface area contributed by atoms with Gasteiger partial charge >= 0.3 is 0 Å². The lowest BCUT2D eigenvalue weighted by atomic mass is 10.0. The Bertz CT molecular complexity index is 335. The van der Waals surface area contributed by atoms with Crippen molar-refractivity contribution >= 4 is 5.78 Å². The molecule has 1 N–H and O–H groups in total. The second-order valence-electron chi connectivity index (χ2n) is 4.48. The minimum absolute atomic E-state index is 0.0206. The van der Waals surface area contributed by atoms with Crippen LogP contribution in [0.5, 0.6) is 0 Å². The first-order valence-electron chi connectivity index (χ1n) is 6.45. The SMILES string of the molecule is COC(CCCCO)CC(=O)Cc1ccccc1. The van der Waals surface area contributed by atoms with Crippen molar-refractivity contribution in [1.82, 2.24) is 0 Å². The fourth-order valence-electron chi connectivity index (χ4n) is 1.94. The minimum atomic E-state index is -0.0206. The van der Waals surface area contributed by atoms with E-state index in [0.29, 0.717) is 12.8 Å². The molecule has 0 aliphatic carbocycles. The zero-order chi connectivity index (χ0) is 13.2. The van der Waals surface area contributed by atoms with Gasteiger partial charge in [-0.25, -0.2) is 0 Å². The normalized spacial score (nSPS) is 12.3. The number of aliphatic hydroxyl groups excluding tert-OH is 1. The molecule has 0 aromatic heterocycles. The zero-order valence-electron chi connectivity index (χ0n) is 11.0. The number of rotatable bonds is 9. The molecule has 1 unspecified atom stereocenters. The van der Waals surface area contributed by atoms with Gasteiger partial charge in [0.25, 0.3) is 0 Å². The van der Waals surface area contributed by atoms with E-state index in [9.17, 15) is 4.79 Å². The Hall–Kier alpha value is -1.19. The summed E-state index contributed by atoms with van der Waals surface area (Å²) in [5.41, 5.74) is 1.05. The van der Waals surface area contributed by atoms with E-state index in [1.54, 1.807) is 7.11 Å². The maximum absolute atomic E-state index is 11.9. The maximum atomic E-state index is 11.9. The van der Waals surface area contributed by atoms with E-state index in [-0.39, 0.29) is 18.5 Å². The molecule has 0 amide bonds. The van der Waals surface area contributed by atoms with Gasteiger partial charge in [-0.2, -0.15) is 0 Å². The summed E-state index contributed by atoms with van der Waals surface area (Å²) in [5, 5.41) is 8.72. The van der Waals surface area contributed by atoms with Gasteiger partial charge in [-0.3, -0.25) is 4.79 Å². The van der Waals surface area contributed by atoms with E-state index >= 15 is 0 Å². The molecule has 0 bridgehead atoms. The highest BCUT2D eigenvalue weighted by atomic mass is 16.5. The molecular weight excluding hydrogens is 228 g/mol. The molecule has 0 saturated carbocycles. The van der Waals surface area contributed by atoms with Crippen molar-refractivity contribution in [2.24, 2.45) is 0 Å². The second-order valence-corrected chi connectivity index (χ2v) is 4.48. The second kappa shape index (κ2) is 8.84. The van der Waals surface area contributed by atoms with Gasteiger partial charge in [0.15, 0.2) is 0 Å². The van der Waals surface area contributed by atoms with Crippen LogP contribution in [0.1, 0.15) is 31.2 Å². The molecule has 1 rings (SSSR count). The van der Waals surface area contributed by atoms with E-state index in [1.807, 2.05) is 30.3 Å². The lowest BCUT2D eigenvalue weighted by molar-refractivity contribution is -0.120. The van der Waals surface area contributed by atoms with Crippen LogP contribution in [-0.4, -0.2) is 30.7 Å². The third-order valence-electron chi connectivity index (χ3n) is 2.97. The number of methoxy groups -OCH3 is 1. The molecule has 0 aliphatic heterocycles. The number of carbonyl (C=O) groups excluding carboxylic acids is 1. The zero-order valence-corrected chi connectivity index (χ0v) is 11.0. The number of ether oxygens (including phenoxy) is 1. The molecule has 0 heterocycles. The van der Waals surface area contributed by atoms with Crippen molar-refractivity contribution in [3.05, 3.63) is 35.9 Å². The average molecular weight is 250 g/mol. The Labute approximate surface area is 109 Å². The monoisotopic (exact) mass is 250 g/mol. The maximum Gasteiger partial charge on any atom is 0.139 e. The van der Waals surface area contributed by atoms with Crippen molar-refractivity contribution in [2.75, 3.05) is 13.7 Å². The van der Waals surface area contributed by atoms with Gasteiger partial charge in [0.2, 0.25) is 0 Å². The Morgan fingerprint density at radius 2 is 2.00 bits per heavy atom. The Morgan fingerprint density at radius 1 is 1.28 bits per heavy atom. The summed E-state index contributed by atoms with van der Waals surface area (Å²) in [5.74, 6) is 0.206. The van der Waals surface area contributed by atoms with Crippen molar-refractivity contribution < 1.29 is 14.6 Å². The molecule has 0 spiro atoms. The number of ketones is 1. The highest BCUT2D eigenvalue weighted by Crippen LogP contribution is 2.11. The molecule has 0 aliphatic rings. The first-order valence-corrected chi connectivity index (χ1v) is 6.45. The molecule has 0 saturated heterocycles. The van der Waals surface area contributed by atoms with E-state index in [0.717, 1.165) is 24.8 Å². The van der Waals surface area contributed by atoms with Crippen LogP contribution in [0.25, 0.3) is 0 Å². The standard InChI is InChI=1S/C15H22O3/c1-18-15(9-5-6-10-16)12-14(17)11-13-7-3-2-4-8-13/h2-4,7-8,15-16H,5-6,9-12H2,1H3. The third-order valence-corrected chi connectivity index (χ3v) is 2.97. The van der Waals surface area contributed by atoms with Crippen LogP contribution in [0.4, 0.5) is 0 Å². The number of carbonyl (C=O) groups is 1. The van der Waals surface area contributed by atoms with Crippen LogP contribution in [0, 0.1) is 0 Å². The first-order chi connectivity index (χ1) is 8.76. The van der Waals surface area contributed by atoms with Crippen molar-refractivity contribution in [3.63, 3.8) is 0 Å². The number of hydrogen-bond acceptors (Lipinski definition) is 3. The van der Waals surface area contributed by atoms with Gasteiger partial charge in [-0.1, -0.05) is 30.3 Å². The average Bonchev–Trinajstić information content (AvgIpc) is 2.39. The van der Waals surface area contributed by atoms with E-state index in [1.165, 1.54) is 0 Å². The van der Waals surface area contributed by atoms with Gasteiger partial charge in [-0.05, 0) is 24.8 Å². The van der Waals surface area contributed by atoms with Crippen molar-refractivity contribution in [1.29, 1.82) is 0 Å². The van der Waals surface area contributed by atoms with Crippen molar-refractivity contribution in [3.8, 4) is 0 Å². The van der Waals surface area contributed by atoms with Crippen LogP contribution in [0.2, 0.25) is 0 Å². The predicted molar refractivity (Wildman–Crippen MR) is 71.5 cm³/mol. The van der Waals surface area contributed by atoms with Crippen LogP contribution in [0.15, 0.2) is 30.3 Å². The van der Waals surface area contributed by atoms with Crippen LogP contribution < -0.4 is 0 Å². The summed E-state index contributed by atoms with van der Waals surface area (Å²) in [6.07, 6.45) is 3.41. The Morgan fingerprint density at radius 3 is 2.61 bits per heavy atom. The van der Waals surface area contributed by atoms with Gasteiger partial charge in [-0.15, -0.1) is 0 Å². The van der Waals surface area contributed by atoms with Crippen LogP contribution in [-0.2, 0) is 16.0 Å². The fraction of sp³-hybridized carbons (Fsp3) is 0.533. The molecule has 0 radical (unpaired) electrons. The van der Waals surface area contributed by atoms with Gasteiger partial charge in [0.1, 0.15) is 5.78 Å². The highest BCUT2D eigenvalue weighted by Gasteiger charge is 2.13. The molecule has 100 valence electrons. The molecule has 1 atom stereocenters. The van der Waals surface area contributed by atoms with E-state index in [2.05, 4.69) is 0 Å². The topological polar surface area (TPSA) is 46.5 Å². The van der Waals surface area contributed by atoms with Gasteiger partial charge < -0.3 is 9.84 Å². The highest BCUT2D eigenvalue weighted by molar-refractivity contribution is 5.81. The lowest BCUT2D eigenvalue weighted by Gasteiger charge is -2.14. The minimum Gasteiger partial charge on any atom is -0.396 e. The largest absolute Gasteiger partial charge is 0.396 e. The van der Waals surface area contributed by atoms with Gasteiger partial charge in [0.05, 0.1) is 6.10 Å². The number of hydrogen-bond donors (Lipinski definition) is 1. The molecule has 1 aromatic carbocycles. The summed E-state index contributed by atoms with van der Waals surface area (Å²) in [7, 11) is 1.64. The van der Waals surface area contributed by atoms with E-state index < -0.39 is 0 Å². The summed E-state index contributed by atoms with van der Waals surface area (Å²) in [6.45, 7) is 0.203. The Balaban J connectivity index is 2.33. The van der Waals surface area contributed by atoms with Crippen LogP contribution >= 0.6 is 0 Å².